The summed E-state index contributed by atoms with van der Waals surface area (Å²) in [6, 6.07) is 6.72. The van der Waals surface area contributed by atoms with Crippen LogP contribution in [0.25, 0.3) is 0 Å². The Morgan fingerprint density at radius 2 is 2.08 bits per heavy atom. The van der Waals surface area contributed by atoms with Gasteiger partial charge in [-0.2, -0.15) is 0 Å². The number of hydrogen-bond donors (Lipinski definition) is 0. The second-order valence-corrected chi connectivity index (χ2v) is 4.91. The van der Waals surface area contributed by atoms with Crippen molar-refractivity contribution in [1.82, 2.24) is 0 Å². The Labute approximate surface area is 88.5 Å². The van der Waals surface area contributed by atoms with Gasteiger partial charge >= 0.3 is 0 Å². The van der Waals surface area contributed by atoms with Gasteiger partial charge in [0.2, 0.25) is 0 Å². The van der Waals surface area contributed by atoms with Crippen molar-refractivity contribution < 1.29 is 0 Å². The van der Waals surface area contributed by atoms with Crippen LogP contribution in [0.1, 0.15) is 42.7 Å². The molecule has 1 aromatic carbocycles. The third kappa shape index (κ3) is 2.14. The van der Waals surface area contributed by atoms with E-state index in [0.29, 0.717) is 5.92 Å². The van der Waals surface area contributed by atoms with Crippen molar-refractivity contribution in [1.29, 1.82) is 0 Å². The van der Waals surface area contributed by atoms with Crippen LogP contribution < -0.4 is 0 Å². The van der Waals surface area contributed by atoms with Crippen molar-refractivity contribution in [3.8, 4) is 0 Å². The molecule has 69 valence electrons. The quantitative estimate of drug-likeness (QED) is 0.721. The largest absolute Gasteiger partial charge is 0.0584 e. The highest BCUT2D eigenvalue weighted by Gasteiger charge is 2.24. The molecule has 2 rings (SSSR count). The Morgan fingerprint density at radius 1 is 1.38 bits per heavy atom. The van der Waals surface area contributed by atoms with Crippen LogP contribution in [0, 0.1) is 6.92 Å². The summed E-state index contributed by atoms with van der Waals surface area (Å²) >= 11 is 3.55. The predicted molar refractivity (Wildman–Crippen MR) is 59.9 cm³/mol. The molecule has 0 saturated heterocycles. The second-order valence-electron chi connectivity index (χ2n) is 3.99. The fraction of sp³-hybridized carbons (Fsp3) is 0.417. The summed E-state index contributed by atoms with van der Waals surface area (Å²) in [5, 5.41) is 0. The minimum absolute atomic E-state index is 0.384. The molecular weight excluding hydrogens is 224 g/mol. The van der Waals surface area contributed by atoms with Gasteiger partial charge in [-0.15, -0.1) is 0 Å². The molecule has 0 nitrogen and oxygen atoms in total. The molecule has 1 atom stereocenters. The average molecular weight is 238 g/mol. The van der Waals surface area contributed by atoms with Gasteiger partial charge in [-0.05, 0) is 54.9 Å². The molecule has 0 aliphatic heterocycles. The summed E-state index contributed by atoms with van der Waals surface area (Å²) < 4.78 is 1.20. The maximum Gasteiger partial charge on any atom is 0.0180 e. The van der Waals surface area contributed by atoms with Crippen LogP contribution in [0.15, 0.2) is 22.7 Å². The van der Waals surface area contributed by atoms with E-state index in [0.717, 1.165) is 5.92 Å². The lowest BCUT2D eigenvalue weighted by Gasteiger charge is -2.08. The Bertz CT molecular complexity index is 291. The van der Waals surface area contributed by atoms with Gasteiger partial charge in [0.05, 0.1) is 0 Å². The summed E-state index contributed by atoms with van der Waals surface area (Å²) in [6.07, 6.45) is 2.73. The van der Waals surface area contributed by atoms with Crippen LogP contribution in [0.4, 0.5) is 0 Å². The van der Waals surface area contributed by atoms with E-state index in [2.05, 4.69) is 48.0 Å². The summed E-state index contributed by atoms with van der Waals surface area (Å²) in [5.41, 5.74) is 2.83. The molecule has 1 saturated carbocycles. The molecule has 1 unspecified atom stereocenters. The van der Waals surface area contributed by atoms with Gasteiger partial charge in [0, 0.05) is 4.47 Å². The first-order chi connectivity index (χ1) is 6.16. The van der Waals surface area contributed by atoms with Gasteiger partial charge in [0.15, 0.2) is 0 Å². The lowest BCUT2D eigenvalue weighted by molar-refractivity contribution is 0.951. The average Bonchev–Trinajstić information content (AvgIpc) is 2.85. The van der Waals surface area contributed by atoms with Crippen molar-refractivity contribution in [2.24, 2.45) is 0 Å². The zero-order valence-electron chi connectivity index (χ0n) is 7.89. The molecular formula is C12H14Br. The van der Waals surface area contributed by atoms with E-state index in [1.54, 1.807) is 0 Å². The van der Waals surface area contributed by atoms with Crippen LogP contribution in [0.3, 0.4) is 0 Å². The number of halogens is 1. The van der Waals surface area contributed by atoms with Crippen LogP contribution in [0.5, 0.6) is 0 Å². The highest BCUT2D eigenvalue weighted by atomic mass is 79.9. The van der Waals surface area contributed by atoms with Gasteiger partial charge < -0.3 is 0 Å². The molecule has 1 heteroatoms. The number of benzene rings is 1. The standard InChI is InChI=1S/C12H14Br/c1-8(2)10-5-11(9-3-4-9)7-12(13)6-10/h5-9H,1,3-4H2,2H3. The molecule has 13 heavy (non-hydrogen) atoms. The lowest BCUT2D eigenvalue weighted by atomic mass is 9.99. The van der Waals surface area contributed by atoms with Gasteiger partial charge in [0.1, 0.15) is 0 Å². The number of hydrogen-bond acceptors (Lipinski definition) is 0. The molecule has 0 heterocycles. The Morgan fingerprint density at radius 3 is 2.62 bits per heavy atom. The molecule has 1 aliphatic rings. The van der Waals surface area contributed by atoms with E-state index >= 15 is 0 Å². The highest BCUT2D eigenvalue weighted by molar-refractivity contribution is 9.10. The zero-order chi connectivity index (χ0) is 9.42. The molecule has 0 amide bonds. The van der Waals surface area contributed by atoms with Crippen molar-refractivity contribution in [3.05, 3.63) is 40.7 Å². The number of rotatable bonds is 2. The summed E-state index contributed by atoms with van der Waals surface area (Å²) in [4.78, 5) is 0. The maximum absolute atomic E-state index is 4.05. The summed E-state index contributed by atoms with van der Waals surface area (Å²) in [5.74, 6) is 1.21. The third-order valence-electron chi connectivity index (χ3n) is 2.56. The minimum atomic E-state index is 0.384. The van der Waals surface area contributed by atoms with E-state index in [1.807, 2.05) is 0 Å². The van der Waals surface area contributed by atoms with Crippen molar-refractivity contribution in [2.45, 2.75) is 31.6 Å². The first-order valence-corrected chi connectivity index (χ1v) is 5.59. The van der Waals surface area contributed by atoms with E-state index in [1.165, 1.54) is 28.4 Å². The monoisotopic (exact) mass is 237 g/mol. The van der Waals surface area contributed by atoms with Crippen LogP contribution in [-0.2, 0) is 0 Å². The summed E-state index contributed by atoms with van der Waals surface area (Å²) in [6.45, 7) is 6.19. The van der Waals surface area contributed by atoms with E-state index in [9.17, 15) is 0 Å². The minimum Gasteiger partial charge on any atom is -0.0584 e. The highest BCUT2D eigenvalue weighted by Crippen LogP contribution is 2.41. The Hall–Kier alpha value is -0.300. The van der Waals surface area contributed by atoms with Gasteiger partial charge in [-0.3, -0.25) is 0 Å². The normalized spacial score (nSPS) is 16.6. The molecule has 1 aliphatic carbocycles. The van der Waals surface area contributed by atoms with E-state index in [-0.39, 0.29) is 0 Å². The third-order valence-corrected chi connectivity index (χ3v) is 3.02. The lowest BCUT2D eigenvalue weighted by Crippen LogP contribution is -1.90. The zero-order valence-corrected chi connectivity index (χ0v) is 9.47. The van der Waals surface area contributed by atoms with Gasteiger partial charge in [-0.25, -0.2) is 0 Å². The van der Waals surface area contributed by atoms with Crippen molar-refractivity contribution in [3.63, 3.8) is 0 Å². The molecule has 1 aromatic rings. The molecule has 0 aromatic heterocycles. The summed E-state index contributed by atoms with van der Waals surface area (Å²) in [7, 11) is 0. The first kappa shape index (κ1) is 9.26. The topological polar surface area (TPSA) is 0 Å². The Kier molecular flexibility index (Phi) is 2.46. The van der Waals surface area contributed by atoms with Crippen LogP contribution in [0.2, 0.25) is 0 Å². The fourth-order valence-electron chi connectivity index (χ4n) is 1.57. The molecule has 1 radical (unpaired) electrons. The first-order valence-electron chi connectivity index (χ1n) is 4.80. The predicted octanol–water partition coefficient (Wildman–Crippen LogP) is 4.26. The molecule has 0 spiro atoms. The molecule has 1 fully saturated rings. The van der Waals surface area contributed by atoms with Crippen LogP contribution >= 0.6 is 15.9 Å². The van der Waals surface area contributed by atoms with Crippen molar-refractivity contribution in [2.75, 3.05) is 0 Å². The smallest absolute Gasteiger partial charge is 0.0180 e. The van der Waals surface area contributed by atoms with Gasteiger partial charge in [0.25, 0.3) is 0 Å². The van der Waals surface area contributed by atoms with E-state index in [4.69, 9.17) is 0 Å². The second kappa shape index (κ2) is 3.45. The SMILES string of the molecule is [CH2]C(C)c1cc(Br)cc(C2CC2)c1. The van der Waals surface area contributed by atoms with Gasteiger partial charge in [-0.1, -0.05) is 28.9 Å². The maximum atomic E-state index is 4.05. The van der Waals surface area contributed by atoms with E-state index < -0.39 is 0 Å². The van der Waals surface area contributed by atoms with Crippen LogP contribution in [-0.4, -0.2) is 0 Å². The Balaban J connectivity index is 2.36. The molecule has 0 N–H and O–H groups in total. The molecule has 0 bridgehead atoms. The fourth-order valence-corrected chi connectivity index (χ4v) is 2.10. The van der Waals surface area contributed by atoms with Crippen molar-refractivity contribution >= 4 is 15.9 Å².